The van der Waals surface area contributed by atoms with Gasteiger partial charge >= 0.3 is 0 Å². The SMILES string of the molecule is CC1CC(O)(Cc2ccn(C(C)C)n2)CC(C)O1. The van der Waals surface area contributed by atoms with E-state index in [9.17, 15) is 5.11 Å². The van der Waals surface area contributed by atoms with Crippen molar-refractivity contribution in [1.82, 2.24) is 9.78 Å². The highest BCUT2D eigenvalue weighted by Gasteiger charge is 2.37. The van der Waals surface area contributed by atoms with Crippen LogP contribution in [0.25, 0.3) is 0 Å². The molecule has 1 aliphatic heterocycles. The van der Waals surface area contributed by atoms with Gasteiger partial charge < -0.3 is 9.84 Å². The minimum atomic E-state index is -0.673. The van der Waals surface area contributed by atoms with Crippen LogP contribution in [0.1, 0.15) is 52.3 Å². The maximum atomic E-state index is 10.7. The molecule has 102 valence electrons. The molecule has 2 heterocycles. The first kappa shape index (κ1) is 13.6. The van der Waals surface area contributed by atoms with Crippen LogP contribution < -0.4 is 0 Å². The summed E-state index contributed by atoms with van der Waals surface area (Å²) < 4.78 is 7.61. The summed E-state index contributed by atoms with van der Waals surface area (Å²) in [5.41, 5.74) is 0.292. The van der Waals surface area contributed by atoms with Crippen LogP contribution in [0.2, 0.25) is 0 Å². The molecule has 1 aromatic heterocycles. The van der Waals surface area contributed by atoms with Gasteiger partial charge in [0.1, 0.15) is 0 Å². The fourth-order valence-corrected chi connectivity index (χ4v) is 2.89. The molecule has 0 aliphatic carbocycles. The van der Waals surface area contributed by atoms with Crippen molar-refractivity contribution < 1.29 is 9.84 Å². The lowest BCUT2D eigenvalue weighted by Gasteiger charge is -2.38. The van der Waals surface area contributed by atoms with E-state index >= 15 is 0 Å². The molecular weight excluding hydrogens is 228 g/mol. The number of rotatable bonds is 3. The summed E-state index contributed by atoms with van der Waals surface area (Å²) in [7, 11) is 0. The molecule has 4 heteroatoms. The third-order valence-corrected chi connectivity index (χ3v) is 3.50. The summed E-state index contributed by atoms with van der Waals surface area (Å²) in [5, 5.41) is 15.2. The van der Waals surface area contributed by atoms with Crippen LogP contribution in [-0.4, -0.2) is 32.7 Å². The molecule has 0 radical (unpaired) electrons. The standard InChI is InChI=1S/C14H24N2O2/c1-10(2)16-6-5-13(15-16)9-14(17)7-11(3)18-12(4)8-14/h5-6,10-12,17H,7-9H2,1-4H3. The van der Waals surface area contributed by atoms with Gasteiger partial charge in [-0.3, -0.25) is 4.68 Å². The summed E-state index contributed by atoms with van der Waals surface area (Å²) in [4.78, 5) is 0. The first-order valence-corrected chi connectivity index (χ1v) is 6.80. The Kier molecular flexibility index (Phi) is 3.78. The summed E-state index contributed by atoms with van der Waals surface area (Å²) in [6, 6.07) is 2.36. The third-order valence-electron chi connectivity index (χ3n) is 3.50. The summed E-state index contributed by atoms with van der Waals surface area (Å²) in [5.74, 6) is 0. The summed E-state index contributed by atoms with van der Waals surface area (Å²) in [6.07, 6.45) is 4.20. The van der Waals surface area contributed by atoms with Gasteiger partial charge in [-0.25, -0.2) is 0 Å². The predicted octanol–water partition coefficient (Wildman–Crippen LogP) is 2.33. The molecule has 0 saturated carbocycles. The largest absolute Gasteiger partial charge is 0.389 e. The van der Waals surface area contributed by atoms with Crippen LogP contribution in [0.5, 0.6) is 0 Å². The average Bonchev–Trinajstić information content (AvgIpc) is 2.62. The Balaban J connectivity index is 2.06. The number of hydrogen-bond donors (Lipinski definition) is 1. The van der Waals surface area contributed by atoms with Gasteiger partial charge in [-0.15, -0.1) is 0 Å². The van der Waals surface area contributed by atoms with E-state index < -0.39 is 5.60 Å². The Bertz CT molecular complexity index is 390. The Labute approximate surface area is 109 Å². The molecule has 1 fully saturated rings. The Morgan fingerprint density at radius 2 is 2.06 bits per heavy atom. The molecule has 2 unspecified atom stereocenters. The molecule has 0 spiro atoms. The van der Waals surface area contributed by atoms with E-state index in [0.29, 0.717) is 25.3 Å². The predicted molar refractivity (Wildman–Crippen MR) is 70.5 cm³/mol. The van der Waals surface area contributed by atoms with Crippen molar-refractivity contribution in [3.8, 4) is 0 Å². The number of aromatic nitrogens is 2. The molecule has 2 atom stereocenters. The quantitative estimate of drug-likeness (QED) is 0.898. The zero-order chi connectivity index (χ0) is 13.3. The fourth-order valence-electron chi connectivity index (χ4n) is 2.89. The molecule has 1 aromatic rings. The lowest BCUT2D eigenvalue weighted by Crippen LogP contribution is -2.45. The van der Waals surface area contributed by atoms with Crippen molar-refractivity contribution >= 4 is 0 Å². The highest BCUT2D eigenvalue weighted by Crippen LogP contribution is 2.31. The lowest BCUT2D eigenvalue weighted by atomic mass is 9.84. The molecule has 1 saturated heterocycles. The Morgan fingerprint density at radius 1 is 1.44 bits per heavy atom. The molecule has 0 bridgehead atoms. The number of aliphatic hydroxyl groups is 1. The average molecular weight is 252 g/mol. The van der Waals surface area contributed by atoms with Gasteiger partial charge in [-0.05, 0) is 33.8 Å². The monoisotopic (exact) mass is 252 g/mol. The van der Waals surface area contributed by atoms with Gasteiger partial charge in [-0.1, -0.05) is 0 Å². The number of nitrogens with zero attached hydrogens (tertiary/aromatic N) is 2. The van der Waals surface area contributed by atoms with Crippen LogP contribution >= 0.6 is 0 Å². The molecule has 4 nitrogen and oxygen atoms in total. The van der Waals surface area contributed by atoms with Crippen molar-refractivity contribution in [3.63, 3.8) is 0 Å². The minimum absolute atomic E-state index is 0.117. The second-order valence-corrected chi connectivity index (χ2v) is 5.95. The Hall–Kier alpha value is -0.870. The van der Waals surface area contributed by atoms with Crippen molar-refractivity contribution in [1.29, 1.82) is 0 Å². The maximum Gasteiger partial charge on any atom is 0.0752 e. The van der Waals surface area contributed by atoms with Crippen LogP contribution in [0.3, 0.4) is 0 Å². The zero-order valence-electron chi connectivity index (χ0n) is 11.8. The van der Waals surface area contributed by atoms with E-state index in [1.807, 2.05) is 30.8 Å². The Morgan fingerprint density at radius 3 is 2.56 bits per heavy atom. The molecular formula is C14H24N2O2. The normalized spacial score (nSPS) is 33.0. The molecule has 1 aliphatic rings. The molecule has 2 rings (SSSR count). The summed E-state index contributed by atoms with van der Waals surface area (Å²) >= 11 is 0. The van der Waals surface area contributed by atoms with Gasteiger partial charge in [0, 0.05) is 31.5 Å². The van der Waals surface area contributed by atoms with Crippen molar-refractivity contribution in [2.24, 2.45) is 0 Å². The first-order valence-electron chi connectivity index (χ1n) is 6.80. The van der Waals surface area contributed by atoms with Crippen LogP contribution in [0.4, 0.5) is 0 Å². The van der Waals surface area contributed by atoms with Crippen LogP contribution in [0.15, 0.2) is 12.3 Å². The first-order chi connectivity index (χ1) is 8.38. The highest BCUT2D eigenvalue weighted by atomic mass is 16.5. The molecule has 0 amide bonds. The van der Waals surface area contributed by atoms with E-state index in [1.54, 1.807) is 0 Å². The zero-order valence-corrected chi connectivity index (χ0v) is 11.8. The van der Waals surface area contributed by atoms with Gasteiger partial charge in [-0.2, -0.15) is 5.10 Å². The van der Waals surface area contributed by atoms with Crippen LogP contribution in [-0.2, 0) is 11.2 Å². The van der Waals surface area contributed by atoms with Crippen molar-refractivity contribution in [2.45, 2.75) is 70.8 Å². The number of ether oxygens (including phenoxy) is 1. The second-order valence-electron chi connectivity index (χ2n) is 5.95. The van der Waals surface area contributed by atoms with E-state index in [-0.39, 0.29) is 12.2 Å². The van der Waals surface area contributed by atoms with E-state index in [4.69, 9.17) is 4.74 Å². The fraction of sp³-hybridized carbons (Fsp3) is 0.786. The second kappa shape index (κ2) is 5.02. The van der Waals surface area contributed by atoms with Gasteiger partial charge in [0.05, 0.1) is 23.5 Å². The third kappa shape index (κ3) is 3.12. The molecule has 0 aromatic carbocycles. The maximum absolute atomic E-state index is 10.7. The van der Waals surface area contributed by atoms with Crippen LogP contribution in [0, 0.1) is 0 Å². The molecule has 18 heavy (non-hydrogen) atoms. The molecule has 1 N–H and O–H groups in total. The van der Waals surface area contributed by atoms with Crippen molar-refractivity contribution in [3.05, 3.63) is 18.0 Å². The number of hydrogen-bond acceptors (Lipinski definition) is 3. The smallest absolute Gasteiger partial charge is 0.0752 e. The minimum Gasteiger partial charge on any atom is -0.389 e. The van der Waals surface area contributed by atoms with E-state index in [0.717, 1.165) is 5.69 Å². The van der Waals surface area contributed by atoms with E-state index in [2.05, 4.69) is 18.9 Å². The highest BCUT2D eigenvalue weighted by molar-refractivity contribution is 5.06. The summed E-state index contributed by atoms with van der Waals surface area (Å²) in [6.45, 7) is 8.24. The van der Waals surface area contributed by atoms with E-state index in [1.165, 1.54) is 0 Å². The van der Waals surface area contributed by atoms with Gasteiger partial charge in [0.25, 0.3) is 0 Å². The van der Waals surface area contributed by atoms with Gasteiger partial charge in [0.15, 0.2) is 0 Å². The topological polar surface area (TPSA) is 47.3 Å². The van der Waals surface area contributed by atoms with Gasteiger partial charge in [0.2, 0.25) is 0 Å². The van der Waals surface area contributed by atoms with Crippen molar-refractivity contribution in [2.75, 3.05) is 0 Å². The lowest BCUT2D eigenvalue weighted by molar-refractivity contribution is -0.131.